The molecule has 1 atom stereocenters. The molecular weight excluding hydrogens is 587 g/mol. The van der Waals surface area contributed by atoms with Crippen molar-refractivity contribution >= 4 is 37.0 Å². The van der Waals surface area contributed by atoms with Crippen LogP contribution >= 0.6 is 0 Å². The maximum Gasteiger partial charge on any atom is 0.511 e. The van der Waals surface area contributed by atoms with Gasteiger partial charge in [0.05, 0.1) is 26.1 Å². The Morgan fingerprint density at radius 2 is 1.42 bits per heavy atom. The first-order valence-corrected chi connectivity index (χ1v) is 15.1. The lowest BCUT2D eigenvalue weighted by Gasteiger charge is -2.25. The molecule has 1 heterocycles. The summed E-state index contributed by atoms with van der Waals surface area (Å²) in [6.45, 7) is 7.22. The van der Waals surface area contributed by atoms with E-state index < -0.39 is 36.6 Å². The summed E-state index contributed by atoms with van der Waals surface area (Å²) in [4.78, 5) is 12.1. The summed E-state index contributed by atoms with van der Waals surface area (Å²) >= 11 is -1.86. The van der Waals surface area contributed by atoms with Crippen LogP contribution in [0.1, 0.15) is 6.92 Å². The number of nitrogens with one attached hydrogen (secondary N) is 3. The van der Waals surface area contributed by atoms with Crippen LogP contribution in [0.4, 0.5) is 13.2 Å². The minimum Gasteiger partial charge on any atom is -0.773 e. The Kier molecular flexibility index (Phi) is 42.3. The summed E-state index contributed by atoms with van der Waals surface area (Å²) < 4.78 is 104. The molecule has 6 N–H and O–H groups in total. The smallest absolute Gasteiger partial charge is 0.511 e. The molecule has 1 aliphatic rings. The summed E-state index contributed by atoms with van der Waals surface area (Å²) in [7, 11) is -0.0940. The SMILES string of the molecule is CN.CNC(C)=O.CNS(=O)(=O)C(F)(F)F.CNS(C)(=O)=O.CO.COCCN1CCOCC1.CS(=O)[O-]. The second-order valence-corrected chi connectivity index (χ2v) is 10.4. The van der Waals surface area contributed by atoms with Crippen molar-refractivity contribution in [3.8, 4) is 0 Å². The van der Waals surface area contributed by atoms with E-state index in [1.807, 2.05) is 0 Å². The first-order chi connectivity index (χ1) is 17.3. The Morgan fingerprint density at radius 1 is 1.11 bits per heavy atom. The average Bonchev–Trinajstić information content (AvgIpc) is 2.85. The molecule has 1 fully saturated rings. The predicted octanol–water partition coefficient (Wildman–Crippen LogP) is -2.38. The van der Waals surface area contributed by atoms with Crippen LogP contribution in [0.3, 0.4) is 0 Å². The number of rotatable bonds is 5. The quantitative estimate of drug-likeness (QED) is 0.200. The van der Waals surface area contributed by atoms with E-state index in [4.69, 9.17) is 23.3 Å². The third kappa shape index (κ3) is 51.6. The molecule has 15 nitrogen and oxygen atoms in total. The molecule has 0 radical (unpaired) electrons. The van der Waals surface area contributed by atoms with E-state index in [2.05, 4.69) is 20.7 Å². The predicted molar refractivity (Wildman–Crippen MR) is 140 cm³/mol. The van der Waals surface area contributed by atoms with Crippen LogP contribution in [0.15, 0.2) is 0 Å². The highest BCUT2D eigenvalue weighted by Crippen LogP contribution is 2.20. The van der Waals surface area contributed by atoms with Crippen molar-refractivity contribution in [2.24, 2.45) is 5.73 Å². The Morgan fingerprint density at radius 3 is 1.58 bits per heavy atom. The van der Waals surface area contributed by atoms with Crippen LogP contribution in [-0.4, -0.2) is 141 Å². The molecule has 1 aliphatic heterocycles. The van der Waals surface area contributed by atoms with E-state index >= 15 is 0 Å². The van der Waals surface area contributed by atoms with Crippen molar-refractivity contribution in [1.82, 2.24) is 19.7 Å². The number of morpholine rings is 1. The molecule has 1 amide bonds. The third-order valence-electron chi connectivity index (χ3n) is 3.01. The summed E-state index contributed by atoms with van der Waals surface area (Å²) in [5.74, 6) is 0.00463. The molecule has 238 valence electrons. The van der Waals surface area contributed by atoms with Crippen molar-refractivity contribution in [2.45, 2.75) is 12.4 Å². The molecule has 1 rings (SSSR count). The number of carbonyl (C=O) groups is 1. The number of hydrogen-bond donors (Lipinski definition) is 5. The minimum absolute atomic E-state index is 0.00463. The minimum atomic E-state index is -5.19. The van der Waals surface area contributed by atoms with Crippen molar-refractivity contribution in [3.05, 3.63) is 0 Å². The van der Waals surface area contributed by atoms with E-state index in [1.165, 1.54) is 21.0 Å². The van der Waals surface area contributed by atoms with Gasteiger partial charge in [-0.3, -0.25) is 13.9 Å². The van der Waals surface area contributed by atoms with E-state index in [9.17, 15) is 34.8 Å². The highest BCUT2D eigenvalue weighted by atomic mass is 32.2. The van der Waals surface area contributed by atoms with Gasteiger partial charge in [0, 0.05) is 47.8 Å². The second kappa shape index (κ2) is 32.2. The monoisotopic (exact) mass is 632 g/mol. The van der Waals surface area contributed by atoms with Crippen LogP contribution in [0.5, 0.6) is 0 Å². The largest absolute Gasteiger partial charge is 0.773 e. The number of halogens is 3. The summed E-state index contributed by atoms with van der Waals surface area (Å²) in [5.41, 5.74) is -0.693. The van der Waals surface area contributed by atoms with Crippen molar-refractivity contribution in [2.75, 3.05) is 94.4 Å². The lowest BCUT2D eigenvalue weighted by molar-refractivity contribution is -0.118. The van der Waals surface area contributed by atoms with Gasteiger partial charge < -0.3 is 30.2 Å². The molecule has 0 aliphatic carbocycles. The van der Waals surface area contributed by atoms with Gasteiger partial charge in [-0.15, -0.1) is 0 Å². The van der Waals surface area contributed by atoms with Crippen molar-refractivity contribution in [1.29, 1.82) is 0 Å². The molecule has 38 heavy (non-hydrogen) atoms. The standard InChI is InChI=1S/C7H15NO2.C3H7NO.C2H4F3NO2S.C2H7NO2S.CH5N.CH4O2S.CH4O/c1-9-5-2-8-3-6-10-7-4-8;1-3(5)4-2;1-6-9(7,8)2(3,4)5;1-3-6(2,4)5;1-2;1-4(2)3;1-2/h2-7H2,1H3;1-2H3,(H,4,5);6H,1H3;3H,1-2H3;2H2,1H3;1H3,(H,2,3);2H,1H3/p-1. The molecule has 21 heteroatoms. The summed E-state index contributed by atoms with van der Waals surface area (Å²) in [6, 6.07) is 0. The molecule has 0 spiro atoms. The zero-order chi connectivity index (χ0) is 32.0. The van der Waals surface area contributed by atoms with Crippen molar-refractivity contribution in [3.63, 3.8) is 0 Å². The molecule has 0 aromatic carbocycles. The molecule has 0 aromatic heterocycles. The Balaban J connectivity index is -0.0000000843. The topological polar surface area (TPSA) is 230 Å². The number of aliphatic hydroxyl groups is 1. The zero-order valence-corrected chi connectivity index (χ0v) is 25.7. The number of aliphatic hydroxyl groups excluding tert-OH is 1. The molecule has 0 aromatic rings. The van der Waals surface area contributed by atoms with E-state index in [-0.39, 0.29) is 5.91 Å². The lowest BCUT2D eigenvalue weighted by atomic mass is 10.4. The fraction of sp³-hybridized carbons (Fsp3) is 0.941. The van der Waals surface area contributed by atoms with Gasteiger partial charge >= 0.3 is 15.5 Å². The summed E-state index contributed by atoms with van der Waals surface area (Å²) in [5, 5.41) is 9.39. The van der Waals surface area contributed by atoms with E-state index in [0.29, 0.717) is 7.05 Å². The van der Waals surface area contributed by atoms with Gasteiger partial charge in [-0.05, 0) is 27.4 Å². The van der Waals surface area contributed by atoms with Crippen LogP contribution in [-0.2, 0) is 45.4 Å². The van der Waals surface area contributed by atoms with Gasteiger partial charge in [-0.25, -0.2) is 26.3 Å². The number of methoxy groups -OCH3 is 1. The van der Waals surface area contributed by atoms with Gasteiger partial charge in [0.2, 0.25) is 15.9 Å². The van der Waals surface area contributed by atoms with Gasteiger partial charge in [0.15, 0.2) is 0 Å². The number of carbonyl (C=O) groups excluding carboxylic acids is 1. The third-order valence-corrected chi connectivity index (χ3v) is 4.90. The number of nitrogens with two attached hydrogens (primary N) is 1. The van der Waals surface area contributed by atoms with Gasteiger partial charge in [-0.1, -0.05) is 11.1 Å². The molecule has 1 unspecified atom stereocenters. The number of amides is 1. The number of nitrogens with zero attached hydrogens (tertiary/aromatic N) is 1. The Labute approximate surface area is 227 Å². The van der Waals surface area contributed by atoms with Gasteiger partial charge in [0.25, 0.3) is 0 Å². The first kappa shape index (κ1) is 49.9. The zero-order valence-electron chi connectivity index (χ0n) is 23.2. The van der Waals surface area contributed by atoms with Gasteiger partial charge in [-0.2, -0.15) is 13.2 Å². The maximum absolute atomic E-state index is 11.2. The lowest BCUT2D eigenvalue weighted by Crippen LogP contribution is -2.38. The fourth-order valence-corrected chi connectivity index (χ4v) is 1.39. The van der Waals surface area contributed by atoms with Crippen LogP contribution < -0.4 is 20.5 Å². The summed E-state index contributed by atoms with van der Waals surface area (Å²) in [6.07, 6.45) is 2.19. The van der Waals surface area contributed by atoms with Crippen molar-refractivity contribution < 1.29 is 58.1 Å². The highest BCUT2D eigenvalue weighted by Gasteiger charge is 2.44. The van der Waals surface area contributed by atoms with Crippen LogP contribution in [0, 0.1) is 0 Å². The number of hydrogen-bond acceptors (Lipinski definition) is 12. The number of ether oxygens (including phenoxy) is 2. The molecule has 0 bridgehead atoms. The highest BCUT2D eigenvalue weighted by molar-refractivity contribution is 7.90. The number of sulfonamides is 2. The first-order valence-electron chi connectivity index (χ1n) is 10.2. The average molecular weight is 633 g/mol. The van der Waals surface area contributed by atoms with E-state index in [0.717, 1.165) is 63.8 Å². The molecule has 0 saturated carbocycles. The number of alkyl halides is 3. The van der Waals surface area contributed by atoms with Gasteiger partial charge in [0.1, 0.15) is 0 Å². The normalized spacial score (nSPS) is 13.6. The second-order valence-electron chi connectivity index (χ2n) is 5.78. The van der Waals surface area contributed by atoms with Crippen LogP contribution in [0.2, 0.25) is 0 Å². The fourth-order valence-electron chi connectivity index (χ4n) is 1.16. The maximum atomic E-state index is 11.2. The van der Waals surface area contributed by atoms with Crippen LogP contribution in [0.25, 0.3) is 0 Å². The van der Waals surface area contributed by atoms with E-state index in [1.54, 1.807) is 14.2 Å². The Bertz CT molecular complexity index is 734. The molecular formula is C17H45F3N5O10S3-. The Hall–Kier alpha value is -1.01. The molecule has 1 saturated heterocycles.